The highest BCUT2D eigenvalue weighted by Gasteiger charge is 2.36. The highest BCUT2D eigenvalue weighted by molar-refractivity contribution is 5.90. The van der Waals surface area contributed by atoms with Gasteiger partial charge in [0.2, 0.25) is 17.5 Å². The zero-order chi connectivity index (χ0) is 100. The van der Waals surface area contributed by atoms with Gasteiger partial charge in [-0.25, -0.2) is 39.5 Å². The second kappa shape index (κ2) is 47.2. The van der Waals surface area contributed by atoms with Crippen LogP contribution in [0.25, 0.3) is 50.5 Å². The van der Waals surface area contributed by atoms with Gasteiger partial charge < -0.3 is 14.2 Å². The van der Waals surface area contributed by atoms with Gasteiger partial charge in [-0.05, 0) is 424 Å². The van der Waals surface area contributed by atoms with E-state index in [2.05, 4.69) is 27.7 Å². The molecule has 15 heteroatoms. The van der Waals surface area contributed by atoms with E-state index in [1.807, 2.05) is 197 Å². The molecule has 11 aromatic carbocycles. The Bertz CT molecular complexity index is 6300. The van der Waals surface area contributed by atoms with E-state index in [1.165, 1.54) is 116 Å². The van der Waals surface area contributed by atoms with Crippen LogP contribution in [-0.2, 0) is 38.5 Å². The van der Waals surface area contributed by atoms with E-state index < -0.39 is 69.8 Å². The molecular weight excluding hydrogens is 1790 g/mol. The Morgan fingerprint density at radius 3 is 0.745 bits per heavy atom. The summed E-state index contributed by atoms with van der Waals surface area (Å²) in [5.74, 6) is 0.129. The smallest absolute Gasteiger partial charge is 0.201 e. The average molecular weight is 1940 g/mol. The molecule has 3 unspecified atom stereocenters. The molecule has 9 aliphatic rings. The Morgan fingerprint density at radius 2 is 0.454 bits per heavy atom. The predicted molar refractivity (Wildman–Crippen MR) is 555 cm³/mol. The molecule has 0 aromatic heterocycles. The number of ether oxygens (including phenoxy) is 3. The van der Waals surface area contributed by atoms with Crippen LogP contribution in [0.15, 0.2) is 140 Å². The normalized spacial score (nSPS) is 23.9. The number of hydrogen-bond donors (Lipinski definition) is 0. The standard InChI is InChI=1S/C26H34F2.C24H32F2O.C20H24F2.C20H18F2.C18H22F2O.C18H16F2O/c1-16-4-9-20(10-5-16)21-12-7-19(8-13-21)14-23-15-22-11-6-17(2)18(3)24(22)26(28)25(23)27;1-15-3-8-18(9-4-15)19-11-6-17(7-12-19)13-21-14-20-10-5-16(2)27-24(20)23(26)22(21)25;2*1-12-4-7-15(8-5-12)10-17-11-16-9-6-13(2)14(3)18(16)20(22)19(17)21;2*1-11-3-6-13(7-4-11)9-15-10-14-8-5-12(2)21-18(14)17(20)16(15)19/h6,11,15-16,19-21H,4-5,7-10,12-14H2,1-3H3;5,10,14-19H,3-4,6-9,11-13H2,1-2H3;6,9,11-12,15H,4-5,7-8,10H2,1-3H3;4-9,11H,10H2,1-3H3;5,8,10-13H,3-4,6-7,9H2,1-2H3;3-8,10,12H,9H2,1-2H3. The lowest BCUT2D eigenvalue weighted by Crippen LogP contribution is -2.26. The molecule has 6 saturated carbocycles. The summed E-state index contributed by atoms with van der Waals surface area (Å²) in [6.07, 6.45) is 43.9. The maximum Gasteiger partial charge on any atom is 0.201 e. The van der Waals surface area contributed by atoms with Gasteiger partial charge >= 0.3 is 0 Å². The van der Waals surface area contributed by atoms with Gasteiger partial charge in [-0.3, -0.25) is 0 Å². The molecule has 141 heavy (non-hydrogen) atoms. The molecule has 752 valence electrons. The molecule has 0 amide bonds. The van der Waals surface area contributed by atoms with Crippen molar-refractivity contribution in [2.45, 2.75) is 315 Å². The number of hydrogen-bond acceptors (Lipinski definition) is 3. The van der Waals surface area contributed by atoms with Crippen LogP contribution in [0.1, 0.15) is 308 Å². The second-order valence-electron chi connectivity index (χ2n) is 44.1. The number of aryl methyl sites for hydroxylation is 8. The van der Waals surface area contributed by atoms with Gasteiger partial charge in [-0.2, -0.15) is 13.2 Å². The van der Waals surface area contributed by atoms with E-state index in [9.17, 15) is 52.7 Å². The molecule has 0 radical (unpaired) electrons. The lowest BCUT2D eigenvalue weighted by atomic mass is 9.69. The topological polar surface area (TPSA) is 27.7 Å². The monoisotopic (exact) mass is 1940 g/mol. The quantitative estimate of drug-likeness (QED) is 0.102. The van der Waals surface area contributed by atoms with E-state index in [1.54, 1.807) is 37.3 Å². The van der Waals surface area contributed by atoms with Gasteiger partial charge in [0.25, 0.3) is 0 Å². The molecule has 3 heterocycles. The summed E-state index contributed by atoms with van der Waals surface area (Å²) in [5.41, 5.74) is 14.5. The molecule has 6 aliphatic carbocycles. The fourth-order valence-electron chi connectivity index (χ4n) is 23.7. The third-order valence-corrected chi connectivity index (χ3v) is 33.3. The maximum atomic E-state index is 14.8. The summed E-state index contributed by atoms with van der Waals surface area (Å²) in [6.45, 7) is 30.1. The minimum Gasteiger partial charge on any atom is -0.483 e. The highest BCUT2D eigenvalue weighted by atomic mass is 19.2. The third kappa shape index (κ3) is 25.7. The first kappa shape index (κ1) is 105. The van der Waals surface area contributed by atoms with Gasteiger partial charge in [0.1, 0.15) is 18.3 Å². The Morgan fingerprint density at radius 1 is 0.234 bits per heavy atom. The zero-order valence-corrected chi connectivity index (χ0v) is 85.6. The molecular formula is C126H146F12O3. The molecule has 0 spiro atoms. The SMILES string of the molecule is CC1CCC(C2CCC(Cc3cc4c(c(F)c3F)OC(C)C=C4)CC2)CC1.CC1CCC(Cc2cc3c(c(F)c2F)OC(C)C=C3)CC1.Cc1ccc(Cc2cc3c(c(F)c2F)OC(C)C=C3)cc1.Cc1ccc(Cc2cc3ccc(C)c(C)c3c(F)c2F)cc1.Cc1ccc2cc(CC3CCC(C)CC3)c(F)c(F)c2c1C.Cc1ccc2cc(CC3CCC(C4CCC(C)CC4)CC3)c(F)c(F)c2c1C. The minimum absolute atomic E-state index is 0.00940. The fraction of sp³-hybridized carbons (Fsp3) is 0.476. The zero-order valence-electron chi connectivity index (χ0n) is 85.6. The molecule has 11 aromatic rings. The predicted octanol–water partition coefficient (Wildman–Crippen LogP) is 36.4. The molecule has 0 bridgehead atoms. The van der Waals surface area contributed by atoms with Crippen LogP contribution in [-0.4, -0.2) is 18.3 Å². The average Bonchev–Trinajstić information content (AvgIpc) is 0.796. The van der Waals surface area contributed by atoms with Gasteiger partial charge in [0.15, 0.2) is 69.6 Å². The van der Waals surface area contributed by atoms with Crippen molar-refractivity contribution in [2.24, 2.45) is 71.0 Å². The van der Waals surface area contributed by atoms with Gasteiger partial charge in [0.05, 0.1) is 0 Å². The fourth-order valence-corrected chi connectivity index (χ4v) is 23.7. The Labute approximate surface area is 830 Å². The molecule has 6 fully saturated rings. The van der Waals surface area contributed by atoms with Crippen LogP contribution in [0, 0.1) is 196 Å². The van der Waals surface area contributed by atoms with E-state index in [-0.39, 0.29) is 35.6 Å². The van der Waals surface area contributed by atoms with E-state index in [4.69, 9.17) is 14.2 Å². The van der Waals surface area contributed by atoms with Crippen molar-refractivity contribution in [3.05, 3.63) is 315 Å². The molecule has 0 N–H and O–H groups in total. The van der Waals surface area contributed by atoms with E-state index >= 15 is 0 Å². The summed E-state index contributed by atoms with van der Waals surface area (Å²) in [6, 6.07) is 38.1. The molecule has 3 atom stereocenters. The Hall–Kier alpha value is -10.0. The van der Waals surface area contributed by atoms with Crippen LogP contribution >= 0.6 is 0 Å². The van der Waals surface area contributed by atoms with Gasteiger partial charge in [-0.15, -0.1) is 0 Å². The summed E-state index contributed by atoms with van der Waals surface area (Å²) in [7, 11) is 0. The van der Waals surface area contributed by atoms with Crippen LogP contribution in [0.2, 0.25) is 0 Å². The molecule has 0 saturated heterocycles. The van der Waals surface area contributed by atoms with Gasteiger partial charge in [-0.1, -0.05) is 193 Å². The van der Waals surface area contributed by atoms with Crippen molar-refractivity contribution in [1.82, 2.24) is 0 Å². The first-order valence-corrected chi connectivity index (χ1v) is 52.8. The van der Waals surface area contributed by atoms with Crippen molar-refractivity contribution in [3.8, 4) is 17.2 Å². The van der Waals surface area contributed by atoms with E-state index in [0.29, 0.717) is 128 Å². The first-order valence-electron chi connectivity index (χ1n) is 52.8. The van der Waals surface area contributed by atoms with Crippen molar-refractivity contribution >= 4 is 50.5 Å². The third-order valence-electron chi connectivity index (χ3n) is 33.3. The van der Waals surface area contributed by atoms with Crippen molar-refractivity contribution in [2.75, 3.05) is 0 Å². The van der Waals surface area contributed by atoms with Crippen molar-refractivity contribution in [1.29, 1.82) is 0 Å². The Balaban J connectivity index is 0.000000128. The maximum absolute atomic E-state index is 14.8. The summed E-state index contributed by atoms with van der Waals surface area (Å²) in [5, 5.41) is 3.70. The van der Waals surface area contributed by atoms with Gasteiger partial charge in [0, 0.05) is 45.7 Å². The molecule has 3 nitrogen and oxygen atoms in total. The number of rotatable bonds is 14. The lowest BCUT2D eigenvalue weighted by Gasteiger charge is -2.37. The lowest BCUT2D eigenvalue weighted by molar-refractivity contribution is 0.150. The second-order valence-corrected chi connectivity index (χ2v) is 44.1. The first-order chi connectivity index (χ1) is 67.5. The highest BCUT2D eigenvalue weighted by Crippen LogP contribution is 2.48. The number of halogens is 12. The van der Waals surface area contributed by atoms with Crippen LogP contribution in [0.4, 0.5) is 52.7 Å². The number of benzene rings is 11. The summed E-state index contributed by atoms with van der Waals surface area (Å²) < 4.78 is 190. The molecule has 20 rings (SSSR count). The largest absolute Gasteiger partial charge is 0.483 e. The van der Waals surface area contributed by atoms with Crippen LogP contribution in [0.3, 0.4) is 0 Å². The number of fused-ring (bicyclic) bond motifs is 6. The van der Waals surface area contributed by atoms with Crippen LogP contribution in [0.5, 0.6) is 17.2 Å². The molecule has 3 aliphatic heterocycles. The van der Waals surface area contributed by atoms with Crippen molar-refractivity contribution < 1.29 is 66.9 Å². The summed E-state index contributed by atoms with van der Waals surface area (Å²) >= 11 is 0. The Kier molecular flexibility index (Phi) is 35.3. The summed E-state index contributed by atoms with van der Waals surface area (Å²) in [4.78, 5) is 0. The minimum atomic E-state index is -0.897. The van der Waals surface area contributed by atoms with Crippen molar-refractivity contribution in [3.63, 3.8) is 0 Å². The van der Waals surface area contributed by atoms with Crippen LogP contribution < -0.4 is 14.2 Å². The van der Waals surface area contributed by atoms with E-state index in [0.717, 1.165) is 158 Å².